The SMILES string of the molecule is Nc1ccc(C2CC2)c(-c2ccc3c(N4CC5CCC(C4)N5)nc(OC[C@@]45CCCN4C[C@H](F)C5)nc3c2F)n1. The molecule has 3 aromatic rings. The Kier molecular flexibility index (Phi) is 5.68. The molecule has 6 heterocycles. The van der Waals surface area contributed by atoms with E-state index in [4.69, 9.17) is 15.5 Å². The molecule has 2 aromatic heterocycles. The van der Waals surface area contributed by atoms with Crippen LogP contribution in [0.5, 0.6) is 6.01 Å². The van der Waals surface area contributed by atoms with E-state index in [0.717, 1.165) is 63.7 Å². The summed E-state index contributed by atoms with van der Waals surface area (Å²) >= 11 is 0. The van der Waals surface area contributed by atoms with Gasteiger partial charge < -0.3 is 20.7 Å². The van der Waals surface area contributed by atoms with Crippen LogP contribution in [0.15, 0.2) is 24.3 Å². The highest BCUT2D eigenvalue weighted by Gasteiger charge is 2.49. The van der Waals surface area contributed by atoms with E-state index in [1.54, 1.807) is 12.1 Å². The van der Waals surface area contributed by atoms with Crippen LogP contribution in [0, 0.1) is 5.82 Å². The zero-order valence-corrected chi connectivity index (χ0v) is 22.6. The largest absolute Gasteiger partial charge is 0.461 e. The summed E-state index contributed by atoms with van der Waals surface area (Å²) < 4.78 is 37.2. The van der Waals surface area contributed by atoms with Gasteiger partial charge in [0.25, 0.3) is 0 Å². The third-order valence-corrected chi connectivity index (χ3v) is 9.73. The second kappa shape index (κ2) is 9.21. The van der Waals surface area contributed by atoms with Gasteiger partial charge in [-0.15, -0.1) is 0 Å². The summed E-state index contributed by atoms with van der Waals surface area (Å²) in [6.07, 6.45) is 5.91. The number of nitrogens with one attached hydrogen (secondary N) is 1. The molecule has 3 N–H and O–H groups in total. The molecule has 1 aromatic carbocycles. The Morgan fingerprint density at radius 3 is 2.65 bits per heavy atom. The van der Waals surface area contributed by atoms with Crippen LogP contribution in [0.1, 0.15) is 56.4 Å². The fourth-order valence-corrected chi connectivity index (χ4v) is 7.66. The van der Waals surface area contributed by atoms with E-state index in [9.17, 15) is 4.39 Å². The number of rotatable bonds is 6. The minimum Gasteiger partial charge on any atom is -0.461 e. The van der Waals surface area contributed by atoms with Crippen molar-refractivity contribution in [2.45, 2.75) is 74.7 Å². The maximum Gasteiger partial charge on any atom is 0.319 e. The number of anilines is 2. The number of nitrogen functional groups attached to an aromatic ring is 1. The number of nitrogens with zero attached hydrogens (tertiary/aromatic N) is 5. The lowest BCUT2D eigenvalue weighted by molar-refractivity contribution is 0.107. The van der Waals surface area contributed by atoms with Gasteiger partial charge in [-0.05, 0) is 74.8 Å². The number of fused-ring (bicyclic) bond motifs is 4. The Bertz CT molecular complexity index is 1470. The summed E-state index contributed by atoms with van der Waals surface area (Å²) in [6.45, 7) is 3.23. The van der Waals surface area contributed by atoms with Crippen LogP contribution in [-0.2, 0) is 0 Å². The van der Waals surface area contributed by atoms with E-state index < -0.39 is 12.0 Å². The maximum absolute atomic E-state index is 16.5. The van der Waals surface area contributed by atoms with E-state index in [1.165, 1.54) is 0 Å². The molecule has 10 heteroatoms. The molecule has 1 aliphatic carbocycles. The molecule has 0 amide bonds. The first-order valence-corrected chi connectivity index (χ1v) is 14.8. The number of aromatic nitrogens is 3. The van der Waals surface area contributed by atoms with Gasteiger partial charge in [-0.25, -0.2) is 13.8 Å². The van der Waals surface area contributed by atoms with Crippen LogP contribution in [0.4, 0.5) is 20.4 Å². The highest BCUT2D eigenvalue weighted by molar-refractivity contribution is 5.93. The summed E-state index contributed by atoms with van der Waals surface area (Å²) in [4.78, 5) is 18.5. The van der Waals surface area contributed by atoms with Crippen molar-refractivity contribution in [1.29, 1.82) is 0 Å². The van der Waals surface area contributed by atoms with Gasteiger partial charge in [0.15, 0.2) is 5.82 Å². The average molecular weight is 548 g/mol. The first-order chi connectivity index (χ1) is 19.5. The highest BCUT2D eigenvalue weighted by atomic mass is 19.1. The number of pyridine rings is 1. The molecule has 4 aliphatic heterocycles. The summed E-state index contributed by atoms with van der Waals surface area (Å²) in [5, 5.41) is 4.33. The molecule has 5 aliphatic rings. The van der Waals surface area contributed by atoms with Gasteiger partial charge in [-0.2, -0.15) is 9.97 Å². The Morgan fingerprint density at radius 2 is 1.85 bits per heavy atom. The van der Waals surface area contributed by atoms with Crippen molar-refractivity contribution in [3.63, 3.8) is 0 Å². The standard InChI is InChI=1S/C30H35F2N7O/c31-18-12-30(10-1-11-39(30)13-18)16-40-29-36-27-23(28(37-29)38-14-19-4-5-20(15-38)34-19)7-6-22(25(27)32)26-21(17-2-3-17)8-9-24(33)35-26/h6-9,17-20,34H,1-5,10-16H2,(H2,33,35)/t18-,19?,20?,30+/m1/s1. The molecule has 8 rings (SSSR count). The van der Waals surface area contributed by atoms with Crippen LogP contribution in [-0.4, -0.2) is 76.4 Å². The molecule has 4 saturated heterocycles. The van der Waals surface area contributed by atoms with Gasteiger partial charge in [0.05, 0.1) is 11.2 Å². The first kappa shape index (κ1) is 24.7. The lowest BCUT2D eigenvalue weighted by Crippen LogP contribution is -2.51. The minimum absolute atomic E-state index is 0.149. The quantitative estimate of drug-likeness (QED) is 0.475. The Hall–Kier alpha value is -3.11. The number of nitrogens with two attached hydrogens (primary N) is 1. The van der Waals surface area contributed by atoms with Crippen molar-refractivity contribution in [2.75, 3.05) is 43.4 Å². The van der Waals surface area contributed by atoms with Crippen molar-refractivity contribution in [3.05, 3.63) is 35.6 Å². The van der Waals surface area contributed by atoms with Crippen LogP contribution in [0.25, 0.3) is 22.2 Å². The lowest BCUT2D eigenvalue weighted by Gasteiger charge is -2.34. The van der Waals surface area contributed by atoms with E-state index in [2.05, 4.69) is 25.1 Å². The number of hydrogen-bond acceptors (Lipinski definition) is 8. The van der Waals surface area contributed by atoms with E-state index in [1.807, 2.05) is 12.1 Å². The average Bonchev–Trinajstić information content (AvgIpc) is 3.54. The second-order valence-electron chi connectivity index (χ2n) is 12.5. The molecule has 2 unspecified atom stereocenters. The molecule has 0 radical (unpaired) electrons. The fraction of sp³-hybridized carbons (Fsp3) is 0.567. The third kappa shape index (κ3) is 4.10. The van der Waals surface area contributed by atoms with Crippen molar-refractivity contribution >= 4 is 22.5 Å². The fourth-order valence-electron chi connectivity index (χ4n) is 7.66. The van der Waals surface area contributed by atoms with Crippen molar-refractivity contribution < 1.29 is 13.5 Å². The van der Waals surface area contributed by atoms with Crippen molar-refractivity contribution in [3.8, 4) is 17.3 Å². The molecule has 2 bridgehead atoms. The van der Waals surface area contributed by atoms with Crippen LogP contribution in [0.2, 0.25) is 0 Å². The molecular weight excluding hydrogens is 512 g/mol. The predicted molar refractivity (Wildman–Crippen MR) is 150 cm³/mol. The number of alkyl halides is 1. The number of ether oxygens (including phenoxy) is 1. The topological polar surface area (TPSA) is 92.4 Å². The maximum atomic E-state index is 16.5. The summed E-state index contributed by atoms with van der Waals surface area (Å²) in [6, 6.07) is 8.41. The Balaban J connectivity index is 1.22. The van der Waals surface area contributed by atoms with Gasteiger partial charge in [-0.1, -0.05) is 6.07 Å². The number of hydrogen-bond donors (Lipinski definition) is 2. The molecular formula is C30H35F2N7O. The highest BCUT2D eigenvalue weighted by Crippen LogP contribution is 2.45. The van der Waals surface area contributed by atoms with Crippen LogP contribution < -0.4 is 20.7 Å². The van der Waals surface area contributed by atoms with Gasteiger partial charge in [0.2, 0.25) is 0 Å². The lowest BCUT2D eigenvalue weighted by atomic mass is 9.95. The van der Waals surface area contributed by atoms with E-state index in [-0.39, 0.29) is 17.1 Å². The van der Waals surface area contributed by atoms with E-state index in [0.29, 0.717) is 65.9 Å². The molecule has 1 saturated carbocycles. The Labute approximate surface area is 232 Å². The van der Waals surface area contributed by atoms with Crippen LogP contribution in [0.3, 0.4) is 0 Å². The molecule has 40 heavy (non-hydrogen) atoms. The predicted octanol–water partition coefficient (Wildman–Crippen LogP) is 4.19. The molecule has 5 fully saturated rings. The van der Waals surface area contributed by atoms with Gasteiger partial charge >= 0.3 is 6.01 Å². The van der Waals surface area contributed by atoms with Gasteiger partial charge in [0, 0.05) is 49.1 Å². The normalized spacial score (nSPS) is 29.9. The van der Waals surface area contributed by atoms with Crippen molar-refractivity contribution in [1.82, 2.24) is 25.2 Å². The van der Waals surface area contributed by atoms with Crippen LogP contribution >= 0.6 is 0 Å². The van der Waals surface area contributed by atoms with Gasteiger partial charge in [-0.3, -0.25) is 4.90 Å². The van der Waals surface area contributed by atoms with Crippen molar-refractivity contribution in [2.24, 2.45) is 0 Å². The summed E-state index contributed by atoms with van der Waals surface area (Å²) in [5.41, 5.74) is 7.96. The smallest absolute Gasteiger partial charge is 0.319 e. The zero-order chi connectivity index (χ0) is 27.0. The Morgan fingerprint density at radius 1 is 1.02 bits per heavy atom. The molecule has 4 atom stereocenters. The minimum atomic E-state index is -0.847. The summed E-state index contributed by atoms with van der Waals surface area (Å²) in [5.74, 6) is 1.01. The molecule has 210 valence electrons. The number of benzene rings is 1. The first-order valence-electron chi connectivity index (χ1n) is 14.8. The third-order valence-electron chi connectivity index (χ3n) is 9.73. The molecule has 0 spiro atoms. The van der Waals surface area contributed by atoms with Gasteiger partial charge in [0.1, 0.15) is 29.9 Å². The number of piperazine rings is 1. The second-order valence-corrected chi connectivity index (χ2v) is 12.5. The molecule has 8 nitrogen and oxygen atoms in total. The number of halogens is 2. The zero-order valence-electron chi connectivity index (χ0n) is 22.6. The monoisotopic (exact) mass is 547 g/mol. The summed E-state index contributed by atoms with van der Waals surface area (Å²) in [7, 11) is 0. The van der Waals surface area contributed by atoms with E-state index >= 15 is 4.39 Å².